The molecule has 0 N–H and O–H groups in total. The monoisotopic (exact) mass is 388 g/mol. The van der Waals surface area contributed by atoms with Crippen LogP contribution in [0.4, 0.5) is 5.69 Å². The molecular weight excluding hydrogens is 364 g/mol. The molecule has 2 nitrogen and oxygen atoms in total. The predicted octanol–water partition coefficient (Wildman–Crippen LogP) is 6.20. The van der Waals surface area contributed by atoms with Crippen molar-refractivity contribution in [3.63, 3.8) is 0 Å². The largest absolute Gasteiger partial charge is 0.345 e. The summed E-state index contributed by atoms with van der Waals surface area (Å²) in [4.78, 5) is 7.48. The summed E-state index contributed by atoms with van der Waals surface area (Å²) in [6.45, 7) is 0. The number of nitrogens with zero attached hydrogens (tertiary/aromatic N) is 2. The number of para-hydroxylation sites is 1. The maximum absolute atomic E-state index is 5.11. The lowest BCUT2D eigenvalue weighted by molar-refractivity contribution is 0.306. The van der Waals surface area contributed by atoms with Crippen LogP contribution in [0.1, 0.15) is 22.3 Å². The SMILES string of the molecule is CN1C(Cc2ccccc2)=Nc2ccccc2C1(c1ccccc1)c1ccccc1. The first-order valence-corrected chi connectivity index (χ1v) is 10.4. The van der Waals surface area contributed by atoms with Crippen LogP contribution < -0.4 is 0 Å². The van der Waals surface area contributed by atoms with Gasteiger partial charge in [0.25, 0.3) is 0 Å². The molecule has 0 fully saturated rings. The van der Waals surface area contributed by atoms with Crippen molar-refractivity contribution in [2.45, 2.75) is 12.0 Å². The van der Waals surface area contributed by atoms with Crippen LogP contribution in [0.3, 0.4) is 0 Å². The zero-order chi connectivity index (χ0) is 20.4. The highest BCUT2D eigenvalue weighted by atomic mass is 15.3. The lowest BCUT2D eigenvalue weighted by Gasteiger charge is -2.48. The second-order valence-electron chi connectivity index (χ2n) is 7.71. The van der Waals surface area contributed by atoms with Crippen LogP contribution in [0.15, 0.2) is 120 Å². The summed E-state index contributed by atoms with van der Waals surface area (Å²) in [5, 5.41) is 0. The molecule has 0 aromatic heterocycles. The molecule has 0 spiro atoms. The zero-order valence-electron chi connectivity index (χ0n) is 17.1. The zero-order valence-corrected chi connectivity index (χ0v) is 17.1. The number of rotatable bonds is 4. The van der Waals surface area contributed by atoms with E-state index in [1.807, 2.05) is 0 Å². The number of hydrogen-bond donors (Lipinski definition) is 0. The molecule has 0 bridgehead atoms. The molecule has 0 atom stereocenters. The number of hydrogen-bond acceptors (Lipinski definition) is 2. The maximum atomic E-state index is 5.11. The summed E-state index contributed by atoms with van der Waals surface area (Å²) >= 11 is 0. The van der Waals surface area contributed by atoms with Crippen LogP contribution in [-0.4, -0.2) is 17.8 Å². The fourth-order valence-corrected chi connectivity index (χ4v) is 4.63. The number of amidine groups is 1. The third kappa shape index (κ3) is 2.93. The van der Waals surface area contributed by atoms with E-state index in [4.69, 9.17) is 4.99 Å². The van der Waals surface area contributed by atoms with Crippen molar-refractivity contribution in [1.82, 2.24) is 4.90 Å². The van der Waals surface area contributed by atoms with E-state index in [2.05, 4.69) is 127 Å². The van der Waals surface area contributed by atoms with Gasteiger partial charge in [-0.15, -0.1) is 0 Å². The molecule has 0 saturated carbocycles. The maximum Gasteiger partial charge on any atom is 0.119 e. The highest BCUT2D eigenvalue weighted by Crippen LogP contribution is 2.48. The standard InChI is InChI=1S/C28H24N2/c1-30-27(21-22-13-5-2-6-14-22)29-26-20-12-11-19-25(26)28(30,23-15-7-3-8-16-23)24-17-9-4-10-18-24/h2-20H,21H2,1H3. The van der Waals surface area contributed by atoms with Crippen molar-refractivity contribution in [2.75, 3.05) is 7.05 Å². The molecule has 0 radical (unpaired) electrons. The minimum absolute atomic E-state index is 0.440. The summed E-state index contributed by atoms with van der Waals surface area (Å²) in [5.74, 6) is 1.06. The fourth-order valence-electron chi connectivity index (χ4n) is 4.63. The van der Waals surface area contributed by atoms with Crippen LogP contribution in [0, 0.1) is 0 Å². The highest BCUT2D eigenvalue weighted by molar-refractivity contribution is 5.91. The van der Waals surface area contributed by atoms with Crippen LogP contribution in [0.25, 0.3) is 0 Å². The van der Waals surface area contributed by atoms with Crippen molar-refractivity contribution in [3.05, 3.63) is 138 Å². The average Bonchev–Trinajstić information content (AvgIpc) is 2.82. The van der Waals surface area contributed by atoms with E-state index in [0.717, 1.165) is 17.9 Å². The smallest absolute Gasteiger partial charge is 0.119 e. The van der Waals surface area contributed by atoms with Gasteiger partial charge in [-0.3, -0.25) is 0 Å². The van der Waals surface area contributed by atoms with E-state index < -0.39 is 5.54 Å². The van der Waals surface area contributed by atoms with Gasteiger partial charge in [0.2, 0.25) is 0 Å². The van der Waals surface area contributed by atoms with Crippen LogP contribution in [-0.2, 0) is 12.0 Å². The predicted molar refractivity (Wildman–Crippen MR) is 124 cm³/mol. The molecular formula is C28H24N2. The van der Waals surface area contributed by atoms with Gasteiger partial charge < -0.3 is 4.90 Å². The van der Waals surface area contributed by atoms with Gasteiger partial charge in [0.1, 0.15) is 11.4 Å². The molecule has 4 aromatic rings. The molecule has 4 aromatic carbocycles. The van der Waals surface area contributed by atoms with Gasteiger partial charge in [-0.05, 0) is 22.8 Å². The van der Waals surface area contributed by atoms with E-state index in [0.29, 0.717) is 0 Å². The summed E-state index contributed by atoms with van der Waals surface area (Å²) in [6, 6.07) is 40.7. The topological polar surface area (TPSA) is 15.6 Å². The molecule has 0 unspecified atom stereocenters. The van der Waals surface area contributed by atoms with Crippen molar-refractivity contribution in [2.24, 2.45) is 4.99 Å². The Morgan fingerprint density at radius 3 is 1.73 bits per heavy atom. The lowest BCUT2D eigenvalue weighted by atomic mass is 9.74. The number of likely N-dealkylation sites (N-methyl/N-ethyl adjacent to an activating group) is 1. The molecule has 5 rings (SSSR count). The first kappa shape index (κ1) is 18.4. The Morgan fingerprint density at radius 1 is 0.633 bits per heavy atom. The molecule has 0 aliphatic carbocycles. The summed E-state index contributed by atoms with van der Waals surface area (Å²) < 4.78 is 0. The quantitative estimate of drug-likeness (QED) is 0.407. The minimum atomic E-state index is -0.440. The van der Waals surface area contributed by atoms with E-state index in [1.165, 1.54) is 22.3 Å². The van der Waals surface area contributed by atoms with Gasteiger partial charge in [0, 0.05) is 19.0 Å². The highest BCUT2D eigenvalue weighted by Gasteiger charge is 2.45. The molecule has 0 amide bonds. The molecule has 30 heavy (non-hydrogen) atoms. The Bertz CT molecular complexity index is 1130. The third-order valence-corrected chi connectivity index (χ3v) is 6.02. The van der Waals surface area contributed by atoms with E-state index in [-0.39, 0.29) is 0 Å². The molecule has 1 aliphatic rings. The second-order valence-corrected chi connectivity index (χ2v) is 7.71. The molecule has 1 heterocycles. The van der Waals surface area contributed by atoms with Crippen molar-refractivity contribution in [1.29, 1.82) is 0 Å². The number of aliphatic imine (C=N–C) groups is 1. The fraction of sp³-hybridized carbons (Fsp3) is 0.107. The number of benzene rings is 4. The Kier molecular flexibility index (Phi) is 4.68. The van der Waals surface area contributed by atoms with Crippen LogP contribution in [0.2, 0.25) is 0 Å². The first-order chi connectivity index (χ1) is 14.8. The van der Waals surface area contributed by atoms with Gasteiger partial charge in [-0.1, -0.05) is 109 Å². The third-order valence-electron chi connectivity index (χ3n) is 6.02. The lowest BCUT2D eigenvalue weighted by Crippen LogP contribution is -2.51. The van der Waals surface area contributed by atoms with Crippen molar-refractivity contribution in [3.8, 4) is 0 Å². The van der Waals surface area contributed by atoms with Gasteiger partial charge in [0.05, 0.1) is 5.69 Å². The normalized spacial score (nSPS) is 14.7. The van der Waals surface area contributed by atoms with Crippen LogP contribution in [0.5, 0.6) is 0 Å². The van der Waals surface area contributed by atoms with Gasteiger partial charge in [-0.2, -0.15) is 0 Å². The van der Waals surface area contributed by atoms with Gasteiger partial charge in [0.15, 0.2) is 0 Å². The van der Waals surface area contributed by atoms with Crippen molar-refractivity contribution >= 4 is 11.5 Å². The summed E-state index contributed by atoms with van der Waals surface area (Å²) in [5.41, 5.74) is 5.55. The van der Waals surface area contributed by atoms with E-state index in [1.54, 1.807) is 0 Å². The second kappa shape index (κ2) is 7.64. The molecule has 2 heteroatoms. The van der Waals surface area contributed by atoms with E-state index >= 15 is 0 Å². The first-order valence-electron chi connectivity index (χ1n) is 10.4. The number of fused-ring (bicyclic) bond motifs is 1. The van der Waals surface area contributed by atoms with Gasteiger partial charge in [-0.25, -0.2) is 4.99 Å². The molecule has 1 aliphatic heterocycles. The average molecular weight is 389 g/mol. The Labute approximate surface area is 178 Å². The molecule has 146 valence electrons. The summed E-state index contributed by atoms with van der Waals surface area (Å²) in [7, 11) is 2.18. The minimum Gasteiger partial charge on any atom is -0.345 e. The van der Waals surface area contributed by atoms with Gasteiger partial charge >= 0.3 is 0 Å². The van der Waals surface area contributed by atoms with E-state index in [9.17, 15) is 0 Å². The van der Waals surface area contributed by atoms with Crippen LogP contribution >= 0.6 is 0 Å². The van der Waals surface area contributed by atoms with Crippen molar-refractivity contribution < 1.29 is 0 Å². The molecule has 0 saturated heterocycles. The Morgan fingerprint density at radius 2 is 1.13 bits per heavy atom. The summed E-state index contributed by atoms with van der Waals surface area (Å²) in [6.07, 6.45) is 0.785. The Balaban J connectivity index is 1.78. The Hall–Kier alpha value is -3.65.